The molecule has 0 rings (SSSR count). The molecule has 0 spiro atoms. The molecule has 6 nitrogen and oxygen atoms in total. The van der Waals surface area contributed by atoms with E-state index in [0.29, 0.717) is 19.3 Å². The first-order chi connectivity index (χ1) is 39.0. The number of allylic oxidation sites excluding steroid dienone is 26. The van der Waals surface area contributed by atoms with Crippen molar-refractivity contribution in [2.24, 2.45) is 0 Å². The topological polar surface area (TPSA) is 78.9 Å². The minimum absolute atomic E-state index is 0.102. The highest BCUT2D eigenvalue weighted by Crippen LogP contribution is 2.14. The Morgan fingerprint density at radius 2 is 0.494 bits per heavy atom. The monoisotopic (exact) mass is 1090 g/mol. The summed E-state index contributed by atoms with van der Waals surface area (Å²) in [5.74, 6) is -0.954. The molecular formula is C73H116O6. The van der Waals surface area contributed by atoms with Crippen LogP contribution in [0.1, 0.15) is 265 Å². The molecule has 0 aromatic carbocycles. The third-order valence-electron chi connectivity index (χ3n) is 13.0. The standard InChI is InChI=1S/C73H116O6/c1-4-7-10-13-16-19-22-25-27-29-31-32-33-34-35-36-37-38-39-40-42-43-45-48-51-54-57-60-63-66-72(75)78-69-70(68-77-71(74)65-62-59-56-53-50-47-24-21-18-15-12-9-6-3)79-73(76)67-64-61-58-55-52-49-46-44-41-30-28-26-23-20-17-14-11-8-5-2/h7-8,10-11,16-17,19-21,24-28,31-32,34-35,37-38,40-42,44-45,48,70H,4-6,9,12-15,18,22-23,29-30,33,36,39,43,46-47,49-69H2,1-3H3/b10-7-,11-8-,19-16-,20-17-,24-21-,27-25-,28-26-,32-31-,35-34-,38-37-,42-40-,44-41-,48-45-. The molecule has 0 N–H and O–H groups in total. The van der Waals surface area contributed by atoms with E-state index in [4.69, 9.17) is 14.2 Å². The first kappa shape index (κ1) is 74.0. The Kier molecular flexibility index (Phi) is 61.4. The Hall–Kier alpha value is -4.97. The Morgan fingerprint density at radius 1 is 0.266 bits per heavy atom. The molecule has 6 heteroatoms. The number of hydrogen-bond donors (Lipinski definition) is 0. The predicted molar refractivity (Wildman–Crippen MR) is 343 cm³/mol. The molecule has 0 saturated carbocycles. The normalized spacial score (nSPS) is 13.2. The molecule has 0 aromatic rings. The maximum atomic E-state index is 12.9. The minimum atomic E-state index is -0.809. The van der Waals surface area contributed by atoms with E-state index in [1.54, 1.807) is 0 Å². The van der Waals surface area contributed by atoms with Gasteiger partial charge < -0.3 is 14.2 Å². The number of carbonyl (C=O) groups excluding carboxylic acids is 3. The lowest BCUT2D eigenvalue weighted by molar-refractivity contribution is -0.167. The maximum absolute atomic E-state index is 12.9. The summed E-state index contributed by atoms with van der Waals surface area (Å²) in [6.07, 6.45) is 95.3. The Morgan fingerprint density at radius 3 is 0.785 bits per heavy atom. The zero-order valence-corrected chi connectivity index (χ0v) is 50.8. The van der Waals surface area contributed by atoms with Gasteiger partial charge in [-0.3, -0.25) is 14.4 Å². The summed E-state index contributed by atoms with van der Waals surface area (Å²) in [7, 11) is 0. The molecule has 0 radical (unpaired) electrons. The molecule has 1 unspecified atom stereocenters. The van der Waals surface area contributed by atoms with E-state index in [-0.39, 0.29) is 31.1 Å². The lowest BCUT2D eigenvalue weighted by Crippen LogP contribution is -2.30. The van der Waals surface area contributed by atoms with Crippen LogP contribution in [0, 0.1) is 0 Å². The van der Waals surface area contributed by atoms with Gasteiger partial charge in [0.2, 0.25) is 0 Å². The fraction of sp³-hybridized carbons (Fsp3) is 0.603. The van der Waals surface area contributed by atoms with Crippen molar-refractivity contribution in [3.8, 4) is 0 Å². The van der Waals surface area contributed by atoms with Crippen LogP contribution in [0.2, 0.25) is 0 Å². The summed E-state index contributed by atoms with van der Waals surface area (Å²) in [5.41, 5.74) is 0. The van der Waals surface area contributed by atoms with Gasteiger partial charge in [-0.25, -0.2) is 0 Å². The van der Waals surface area contributed by atoms with E-state index in [1.807, 2.05) is 0 Å². The second-order valence-corrected chi connectivity index (χ2v) is 20.5. The molecule has 79 heavy (non-hydrogen) atoms. The van der Waals surface area contributed by atoms with E-state index < -0.39 is 6.10 Å². The van der Waals surface area contributed by atoms with Crippen molar-refractivity contribution in [1.29, 1.82) is 0 Å². The zero-order valence-electron chi connectivity index (χ0n) is 50.8. The molecule has 0 aromatic heterocycles. The molecule has 0 aliphatic rings. The van der Waals surface area contributed by atoms with Gasteiger partial charge in [0.05, 0.1) is 0 Å². The van der Waals surface area contributed by atoms with Gasteiger partial charge in [-0.05, 0) is 148 Å². The maximum Gasteiger partial charge on any atom is 0.306 e. The highest BCUT2D eigenvalue weighted by molar-refractivity contribution is 5.71. The Labute approximate surface area is 486 Å². The molecule has 0 saturated heterocycles. The molecule has 1 atom stereocenters. The molecule has 0 heterocycles. The highest BCUT2D eigenvalue weighted by atomic mass is 16.6. The van der Waals surface area contributed by atoms with Crippen molar-refractivity contribution < 1.29 is 28.6 Å². The predicted octanol–water partition coefficient (Wildman–Crippen LogP) is 22.1. The molecule has 0 amide bonds. The van der Waals surface area contributed by atoms with Gasteiger partial charge in [0.1, 0.15) is 13.2 Å². The molecule has 0 bridgehead atoms. The highest BCUT2D eigenvalue weighted by Gasteiger charge is 2.19. The lowest BCUT2D eigenvalue weighted by Gasteiger charge is -2.18. The number of unbranched alkanes of at least 4 members (excludes halogenated alkanes) is 19. The average Bonchev–Trinajstić information content (AvgIpc) is 3.45. The smallest absolute Gasteiger partial charge is 0.306 e. The lowest BCUT2D eigenvalue weighted by atomic mass is 10.1. The van der Waals surface area contributed by atoms with Gasteiger partial charge in [0.25, 0.3) is 0 Å². The van der Waals surface area contributed by atoms with Crippen LogP contribution in [0.4, 0.5) is 0 Å². The van der Waals surface area contributed by atoms with Gasteiger partial charge in [0.15, 0.2) is 6.10 Å². The average molecular weight is 1090 g/mol. The second-order valence-electron chi connectivity index (χ2n) is 20.5. The summed E-state index contributed by atoms with van der Waals surface area (Å²) in [6, 6.07) is 0. The van der Waals surface area contributed by atoms with E-state index in [0.717, 1.165) is 173 Å². The van der Waals surface area contributed by atoms with Crippen LogP contribution in [0.15, 0.2) is 158 Å². The van der Waals surface area contributed by atoms with Crippen LogP contribution in [0.25, 0.3) is 0 Å². The van der Waals surface area contributed by atoms with Crippen molar-refractivity contribution >= 4 is 17.9 Å². The van der Waals surface area contributed by atoms with Gasteiger partial charge >= 0.3 is 17.9 Å². The van der Waals surface area contributed by atoms with Crippen LogP contribution in [-0.4, -0.2) is 37.2 Å². The van der Waals surface area contributed by atoms with Crippen LogP contribution < -0.4 is 0 Å². The van der Waals surface area contributed by atoms with Gasteiger partial charge in [-0.15, -0.1) is 0 Å². The van der Waals surface area contributed by atoms with Crippen LogP contribution in [0.3, 0.4) is 0 Å². The first-order valence-electron chi connectivity index (χ1n) is 32.0. The number of esters is 3. The van der Waals surface area contributed by atoms with E-state index >= 15 is 0 Å². The third-order valence-corrected chi connectivity index (χ3v) is 13.0. The number of ether oxygens (including phenoxy) is 3. The SMILES string of the molecule is CC/C=C\C/C=C\C/C=C\C/C=C\C/C=C\C/C=C\C/C=C\C/C=C\CCCCCCC(=O)OCC(COC(=O)CCCCCCC/C=C\CCCCCC)OC(=O)CCCCCCCC/C=C\C/C=C\C/C=C\C/C=C\CC. The Bertz CT molecular complexity index is 1780. The summed E-state index contributed by atoms with van der Waals surface area (Å²) >= 11 is 0. The fourth-order valence-electron chi connectivity index (χ4n) is 8.27. The van der Waals surface area contributed by atoms with Gasteiger partial charge in [-0.2, -0.15) is 0 Å². The minimum Gasteiger partial charge on any atom is -0.462 e. The summed E-state index contributed by atoms with van der Waals surface area (Å²) in [5, 5.41) is 0. The van der Waals surface area contributed by atoms with Crippen LogP contribution in [-0.2, 0) is 28.6 Å². The Balaban J connectivity index is 4.43. The molecule has 0 aliphatic heterocycles. The largest absolute Gasteiger partial charge is 0.462 e. The molecular weight excluding hydrogens is 973 g/mol. The summed E-state index contributed by atoms with van der Waals surface area (Å²) < 4.78 is 16.9. The van der Waals surface area contributed by atoms with Crippen molar-refractivity contribution in [3.63, 3.8) is 0 Å². The van der Waals surface area contributed by atoms with Crippen LogP contribution in [0.5, 0.6) is 0 Å². The van der Waals surface area contributed by atoms with E-state index in [2.05, 4.69) is 179 Å². The zero-order chi connectivity index (χ0) is 57.1. The second kappa shape index (κ2) is 65.5. The molecule has 444 valence electrons. The molecule has 0 aliphatic carbocycles. The third kappa shape index (κ3) is 63.7. The number of rotatable bonds is 56. The molecule has 0 fully saturated rings. The van der Waals surface area contributed by atoms with E-state index in [9.17, 15) is 14.4 Å². The van der Waals surface area contributed by atoms with Gasteiger partial charge in [0, 0.05) is 19.3 Å². The van der Waals surface area contributed by atoms with Crippen LogP contribution >= 0.6 is 0 Å². The van der Waals surface area contributed by atoms with Crippen molar-refractivity contribution in [2.75, 3.05) is 13.2 Å². The van der Waals surface area contributed by atoms with Gasteiger partial charge in [-0.1, -0.05) is 256 Å². The van der Waals surface area contributed by atoms with Crippen molar-refractivity contribution in [2.45, 2.75) is 271 Å². The van der Waals surface area contributed by atoms with Crippen molar-refractivity contribution in [3.05, 3.63) is 158 Å². The first-order valence-corrected chi connectivity index (χ1v) is 32.0. The summed E-state index contributed by atoms with van der Waals surface area (Å²) in [4.78, 5) is 38.3. The quantitative estimate of drug-likeness (QED) is 0.0261. The summed E-state index contributed by atoms with van der Waals surface area (Å²) in [6.45, 7) is 6.35. The van der Waals surface area contributed by atoms with E-state index in [1.165, 1.54) is 51.4 Å². The number of carbonyl (C=O) groups is 3. The number of hydrogen-bond acceptors (Lipinski definition) is 6. The van der Waals surface area contributed by atoms with Crippen molar-refractivity contribution in [1.82, 2.24) is 0 Å². The fourth-order valence-corrected chi connectivity index (χ4v) is 8.27.